The number of hydrogen-bond acceptors (Lipinski definition) is 3. The average Bonchev–Trinajstić information content (AvgIpc) is 3.28. The van der Waals surface area contributed by atoms with Gasteiger partial charge in [0.25, 0.3) is 0 Å². The van der Waals surface area contributed by atoms with E-state index in [-0.39, 0.29) is 24.3 Å². The molecule has 1 fully saturated rings. The highest BCUT2D eigenvalue weighted by atomic mass is 16.2. The van der Waals surface area contributed by atoms with Crippen molar-refractivity contribution in [2.45, 2.75) is 44.4 Å². The van der Waals surface area contributed by atoms with E-state index in [1.165, 1.54) is 19.3 Å². The lowest BCUT2D eigenvalue weighted by atomic mass is 9.87. The van der Waals surface area contributed by atoms with Crippen LogP contribution in [0.1, 0.15) is 55.6 Å². The summed E-state index contributed by atoms with van der Waals surface area (Å²) in [6.07, 6.45) is 8.51. The van der Waals surface area contributed by atoms with Crippen LogP contribution in [-0.2, 0) is 9.59 Å². The zero-order valence-electron chi connectivity index (χ0n) is 20.3. The Morgan fingerprint density at radius 1 is 0.971 bits per heavy atom. The first-order valence-electron chi connectivity index (χ1n) is 12.4. The molecule has 0 spiro atoms. The number of hydrogen-bond donors (Lipinski definition) is 3. The van der Waals surface area contributed by atoms with E-state index in [0.29, 0.717) is 18.9 Å². The number of para-hydroxylation sites is 1. The summed E-state index contributed by atoms with van der Waals surface area (Å²) in [4.78, 5) is 30.3. The smallest absolute Gasteiger partial charge is 0.239 e. The van der Waals surface area contributed by atoms with Gasteiger partial charge >= 0.3 is 0 Å². The van der Waals surface area contributed by atoms with Crippen LogP contribution in [0, 0.1) is 5.92 Å². The van der Waals surface area contributed by atoms with Crippen molar-refractivity contribution in [2.24, 2.45) is 5.92 Å². The van der Waals surface area contributed by atoms with E-state index in [1.54, 1.807) is 0 Å². The monoisotopic (exact) mass is 460 g/mol. The van der Waals surface area contributed by atoms with Crippen molar-refractivity contribution < 1.29 is 9.59 Å². The molecule has 34 heavy (non-hydrogen) atoms. The van der Waals surface area contributed by atoms with Gasteiger partial charge in [-0.3, -0.25) is 9.59 Å². The van der Waals surface area contributed by atoms with Crippen molar-refractivity contribution in [1.82, 2.24) is 15.6 Å². The third-order valence-corrected chi connectivity index (χ3v) is 6.96. The summed E-state index contributed by atoms with van der Waals surface area (Å²) in [5.41, 5.74) is 4.49. The molecule has 1 aliphatic carbocycles. The lowest BCUT2D eigenvalue weighted by Gasteiger charge is -2.21. The zero-order chi connectivity index (χ0) is 23.9. The van der Waals surface area contributed by atoms with Crippen LogP contribution in [0.4, 0.5) is 5.69 Å². The van der Waals surface area contributed by atoms with Crippen molar-refractivity contribution in [2.75, 3.05) is 32.1 Å². The van der Waals surface area contributed by atoms with Crippen molar-refractivity contribution in [1.29, 1.82) is 0 Å². The predicted molar refractivity (Wildman–Crippen MR) is 138 cm³/mol. The standard InChI is InChI=1S/C28H36N4O2/c1-32(2)22-14-12-21(13-15-22)24(25-18-29-26-11-7-6-10-23(25)26)17-30-28(34)19-31-27(33)16-20-8-4-3-5-9-20/h6-7,10-15,18,20,24,29H,3-5,8-9,16-17,19H2,1-2H3,(H,30,34)(H,31,33). The molecule has 2 aromatic carbocycles. The Balaban J connectivity index is 1.41. The normalized spacial score (nSPS) is 15.1. The van der Waals surface area contributed by atoms with Crippen LogP contribution < -0.4 is 15.5 Å². The van der Waals surface area contributed by atoms with Gasteiger partial charge in [-0.2, -0.15) is 0 Å². The average molecular weight is 461 g/mol. The molecule has 1 heterocycles. The fourth-order valence-electron chi connectivity index (χ4n) is 4.98. The number of aromatic amines is 1. The Bertz CT molecular complexity index is 1100. The Hall–Kier alpha value is -3.28. The first-order valence-corrected chi connectivity index (χ1v) is 12.4. The third kappa shape index (κ3) is 5.99. The number of nitrogens with one attached hydrogen (secondary N) is 3. The summed E-state index contributed by atoms with van der Waals surface area (Å²) >= 11 is 0. The second-order valence-electron chi connectivity index (χ2n) is 9.62. The van der Waals surface area contributed by atoms with Crippen LogP contribution >= 0.6 is 0 Å². The topological polar surface area (TPSA) is 77.2 Å². The molecule has 0 saturated heterocycles. The molecule has 4 rings (SSSR count). The molecule has 3 aromatic rings. The molecule has 1 unspecified atom stereocenters. The van der Waals surface area contributed by atoms with Crippen LogP contribution in [0.3, 0.4) is 0 Å². The molecule has 1 aliphatic rings. The number of benzene rings is 2. The molecular formula is C28H36N4O2. The lowest BCUT2D eigenvalue weighted by molar-refractivity contribution is -0.126. The van der Waals surface area contributed by atoms with E-state index in [2.05, 4.69) is 56.9 Å². The highest BCUT2D eigenvalue weighted by Gasteiger charge is 2.20. The zero-order valence-corrected chi connectivity index (χ0v) is 20.3. The van der Waals surface area contributed by atoms with Crippen molar-refractivity contribution >= 4 is 28.4 Å². The summed E-state index contributed by atoms with van der Waals surface area (Å²) in [6.45, 7) is 0.478. The van der Waals surface area contributed by atoms with E-state index in [1.807, 2.05) is 32.4 Å². The van der Waals surface area contributed by atoms with Gasteiger partial charge in [0.15, 0.2) is 0 Å². The first-order chi connectivity index (χ1) is 16.5. The maximum absolute atomic E-state index is 12.6. The molecule has 1 aromatic heterocycles. The van der Waals surface area contributed by atoms with E-state index in [4.69, 9.17) is 0 Å². The van der Waals surface area contributed by atoms with E-state index in [0.717, 1.165) is 40.6 Å². The van der Waals surface area contributed by atoms with E-state index in [9.17, 15) is 9.59 Å². The molecule has 0 radical (unpaired) electrons. The molecule has 6 nitrogen and oxygen atoms in total. The number of carbonyl (C=O) groups excluding carboxylic acids is 2. The number of nitrogens with zero attached hydrogens (tertiary/aromatic N) is 1. The maximum Gasteiger partial charge on any atom is 0.239 e. The minimum atomic E-state index is -0.160. The van der Waals surface area contributed by atoms with Gasteiger partial charge in [0.2, 0.25) is 11.8 Å². The fraction of sp³-hybridized carbons (Fsp3) is 0.429. The van der Waals surface area contributed by atoms with Crippen molar-refractivity contribution in [3.8, 4) is 0 Å². The SMILES string of the molecule is CN(C)c1ccc(C(CNC(=O)CNC(=O)CC2CCCCC2)c2c[nH]c3ccccc23)cc1. The number of H-pyrrole nitrogens is 1. The fourth-order valence-corrected chi connectivity index (χ4v) is 4.98. The van der Waals surface area contributed by atoms with Crippen LogP contribution in [0.15, 0.2) is 54.7 Å². The number of amides is 2. The van der Waals surface area contributed by atoms with Crippen LogP contribution in [0.2, 0.25) is 0 Å². The summed E-state index contributed by atoms with van der Waals surface area (Å²) in [6, 6.07) is 16.7. The summed E-state index contributed by atoms with van der Waals surface area (Å²) < 4.78 is 0. The van der Waals surface area contributed by atoms with Gasteiger partial charge in [-0.25, -0.2) is 0 Å². The van der Waals surface area contributed by atoms with E-state index >= 15 is 0 Å². The van der Waals surface area contributed by atoms with Gasteiger partial charge in [-0.1, -0.05) is 49.6 Å². The van der Waals surface area contributed by atoms with Gasteiger partial charge in [0.1, 0.15) is 0 Å². The molecule has 180 valence electrons. The molecule has 0 aliphatic heterocycles. The molecular weight excluding hydrogens is 424 g/mol. The minimum absolute atomic E-state index is 0.00532. The molecule has 1 atom stereocenters. The Morgan fingerprint density at radius 3 is 2.44 bits per heavy atom. The third-order valence-electron chi connectivity index (χ3n) is 6.96. The van der Waals surface area contributed by atoms with Gasteiger partial charge in [0.05, 0.1) is 6.54 Å². The largest absolute Gasteiger partial charge is 0.378 e. The molecule has 3 N–H and O–H groups in total. The Kier molecular flexibility index (Phi) is 7.88. The second-order valence-corrected chi connectivity index (χ2v) is 9.62. The summed E-state index contributed by atoms with van der Waals surface area (Å²) in [7, 11) is 4.05. The Labute approximate surface area is 202 Å². The number of fused-ring (bicyclic) bond motifs is 1. The lowest BCUT2D eigenvalue weighted by Crippen LogP contribution is -2.39. The highest BCUT2D eigenvalue weighted by Crippen LogP contribution is 2.31. The Morgan fingerprint density at radius 2 is 1.71 bits per heavy atom. The van der Waals surface area contributed by atoms with Crippen LogP contribution in [-0.4, -0.2) is 44.0 Å². The molecule has 6 heteroatoms. The second kappa shape index (κ2) is 11.2. The minimum Gasteiger partial charge on any atom is -0.378 e. The summed E-state index contributed by atoms with van der Waals surface area (Å²) in [5, 5.41) is 7.02. The predicted octanol–water partition coefficient (Wildman–Crippen LogP) is 4.57. The first kappa shape index (κ1) is 23.9. The highest BCUT2D eigenvalue weighted by molar-refractivity contribution is 5.86. The van der Waals surface area contributed by atoms with Crippen molar-refractivity contribution in [3.63, 3.8) is 0 Å². The number of rotatable bonds is 9. The number of anilines is 1. The van der Waals surface area contributed by atoms with Crippen LogP contribution in [0.25, 0.3) is 10.9 Å². The molecule has 2 amide bonds. The van der Waals surface area contributed by atoms with Crippen LogP contribution in [0.5, 0.6) is 0 Å². The summed E-state index contributed by atoms with van der Waals surface area (Å²) in [5.74, 6) is 0.281. The van der Waals surface area contributed by atoms with E-state index < -0.39 is 0 Å². The maximum atomic E-state index is 12.6. The van der Waals surface area contributed by atoms with Gasteiger partial charge < -0.3 is 20.5 Å². The quantitative estimate of drug-likeness (QED) is 0.438. The van der Waals surface area contributed by atoms with Gasteiger partial charge in [-0.05, 0) is 48.1 Å². The van der Waals surface area contributed by atoms with Crippen molar-refractivity contribution in [3.05, 3.63) is 65.9 Å². The number of aromatic nitrogens is 1. The molecule has 1 saturated carbocycles. The molecule has 0 bridgehead atoms. The van der Waals surface area contributed by atoms with Gasteiger partial charge in [0, 0.05) is 55.8 Å². The number of carbonyl (C=O) groups is 2. The van der Waals surface area contributed by atoms with Gasteiger partial charge in [-0.15, -0.1) is 0 Å².